The number of nitrogens with zero attached hydrogens (tertiary/aromatic N) is 1. The fourth-order valence-corrected chi connectivity index (χ4v) is 2.51. The van der Waals surface area contributed by atoms with Gasteiger partial charge in [0.15, 0.2) is 0 Å². The zero-order valence-electron chi connectivity index (χ0n) is 12.3. The van der Waals surface area contributed by atoms with E-state index in [1.165, 1.54) is 22.0 Å². The van der Waals surface area contributed by atoms with Crippen LogP contribution in [-0.2, 0) is 24.6 Å². The third-order valence-corrected chi connectivity index (χ3v) is 3.56. The molecule has 3 rings (SSSR count). The summed E-state index contributed by atoms with van der Waals surface area (Å²) in [6, 6.07) is 18.9. The molecule has 0 amide bonds. The van der Waals surface area contributed by atoms with Crippen molar-refractivity contribution in [1.82, 2.24) is 9.88 Å². The molecule has 0 unspecified atom stereocenters. The van der Waals surface area contributed by atoms with E-state index in [0.717, 1.165) is 6.54 Å². The van der Waals surface area contributed by atoms with Crippen molar-refractivity contribution in [2.75, 3.05) is 7.05 Å². The van der Waals surface area contributed by atoms with E-state index in [9.17, 15) is 0 Å². The Morgan fingerprint density at radius 1 is 1.00 bits per heavy atom. The van der Waals surface area contributed by atoms with E-state index in [1.807, 2.05) is 25.2 Å². The van der Waals surface area contributed by atoms with Crippen LogP contribution in [0.4, 0.5) is 0 Å². The molecule has 3 aromatic rings. The number of nitrogens with one attached hydrogen (secondary N) is 1. The Morgan fingerprint density at radius 3 is 2.67 bits per heavy atom. The highest BCUT2D eigenvalue weighted by Crippen LogP contribution is 2.18. The van der Waals surface area contributed by atoms with Crippen molar-refractivity contribution in [3.05, 3.63) is 71.9 Å². The lowest BCUT2D eigenvalue weighted by Gasteiger charge is -2.08. The zero-order valence-corrected chi connectivity index (χ0v) is 12.3. The summed E-state index contributed by atoms with van der Waals surface area (Å²) in [5.41, 5.74) is 3.71. The van der Waals surface area contributed by atoms with Crippen LogP contribution in [0, 0.1) is 0 Å². The van der Waals surface area contributed by atoms with Crippen LogP contribution in [0.25, 0.3) is 10.9 Å². The monoisotopic (exact) mass is 280 g/mol. The predicted molar refractivity (Wildman–Crippen MR) is 85.9 cm³/mol. The molecule has 3 nitrogen and oxygen atoms in total. The summed E-state index contributed by atoms with van der Waals surface area (Å²) < 4.78 is 7.94. The Labute approximate surface area is 125 Å². The van der Waals surface area contributed by atoms with E-state index in [4.69, 9.17) is 4.74 Å². The van der Waals surface area contributed by atoms with E-state index >= 15 is 0 Å². The van der Waals surface area contributed by atoms with Gasteiger partial charge in [0.1, 0.15) is 6.73 Å². The van der Waals surface area contributed by atoms with Crippen molar-refractivity contribution >= 4 is 10.9 Å². The molecule has 1 heterocycles. The number of benzene rings is 2. The third-order valence-electron chi connectivity index (χ3n) is 3.56. The molecule has 1 aromatic heterocycles. The van der Waals surface area contributed by atoms with Gasteiger partial charge in [-0.3, -0.25) is 0 Å². The van der Waals surface area contributed by atoms with E-state index in [0.29, 0.717) is 13.3 Å². The van der Waals surface area contributed by atoms with Crippen molar-refractivity contribution in [3.63, 3.8) is 0 Å². The maximum Gasteiger partial charge on any atom is 0.123 e. The van der Waals surface area contributed by atoms with Gasteiger partial charge in [-0.2, -0.15) is 0 Å². The normalized spacial score (nSPS) is 11.1. The topological polar surface area (TPSA) is 26.2 Å². The first-order valence-corrected chi connectivity index (χ1v) is 7.21. The fourth-order valence-electron chi connectivity index (χ4n) is 2.51. The van der Waals surface area contributed by atoms with Crippen molar-refractivity contribution in [3.8, 4) is 0 Å². The first-order chi connectivity index (χ1) is 10.4. The van der Waals surface area contributed by atoms with Crippen LogP contribution in [0.1, 0.15) is 11.1 Å². The van der Waals surface area contributed by atoms with Gasteiger partial charge in [0.2, 0.25) is 0 Å². The highest BCUT2D eigenvalue weighted by Gasteiger charge is 2.02. The summed E-state index contributed by atoms with van der Waals surface area (Å²) >= 11 is 0. The summed E-state index contributed by atoms with van der Waals surface area (Å²) in [6.07, 6.45) is 2.08. The van der Waals surface area contributed by atoms with Crippen LogP contribution in [0.5, 0.6) is 0 Å². The maximum atomic E-state index is 5.80. The second kappa shape index (κ2) is 6.57. The number of ether oxygens (including phenoxy) is 1. The highest BCUT2D eigenvalue weighted by atomic mass is 16.5. The molecule has 0 aliphatic carbocycles. The maximum absolute atomic E-state index is 5.80. The molecule has 0 spiro atoms. The van der Waals surface area contributed by atoms with E-state index in [1.54, 1.807) is 0 Å². The first-order valence-electron chi connectivity index (χ1n) is 7.21. The molecule has 0 radical (unpaired) electrons. The number of hydrogen-bond donors (Lipinski definition) is 1. The van der Waals surface area contributed by atoms with Gasteiger partial charge in [0.05, 0.1) is 6.61 Å². The lowest BCUT2D eigenvalue weighted by Crippen LogP contribution is -2.05. The first kappa shape index (κ1) is 13.9. The molecule has 1 N–H and O–H groups in total. The smallest absolute Gasteiger partial charge is 0.123 e. The van der Waals surface area contributed by atoms with Crippen molar-refractivity contribution in [1.29, 1.82) is 0 Å². The molecule has 0 aliphatic heterocycles. The molecule has 0 bridgehead atoms. The van der Waals surface area contributed by atoms with Gasteiger partial charge < -0.3 is 14.6 Å². The van der Waals surface area contributed by atoms with Crippen LogP contribution >= 0.6 is 0 Å². The molecule has 108 valence electrons. The number of hydrogen-bond acceptors (Lipinski definition) is 2. The Hall–Kier alpha value is -2.10. The van der Waals surface area contributed by atoms with Gasteiger partial charge >= 0.3 is 0 Å². The summed E-state index contributed by atoms with van der Waals surface area (Å²) in [5.74, 6) is 0. The SMILES string of the molecule is CNCc1ccc2c(ccn2COCc2ccccc2)c1. The summed E-state index contributed by atoms with van der Waals surface area (Å²) in [7, 11) is 1.97. The zero-order chi connectivity index (χ0) is 14.5. The minimum Gasteiger partial charge on any atom is -0.356 e. The molecule has 0 saturated heterocycles. The molecule has 0 aliphatic rings. The van der Waals surface area contributed by atoms with E-state index in [-0.39, 0.29) is 0 Å². The summed E-state index contributed by atoms with van der Waals surface area (Å²) in [5, 5.41) is 4.43. The lowest BCUT2D eigenvalue weighted by atomic mass is 10.1. The Morgan fingerprint density at radius 2 is 1.86 bits per heavy atom. The molecule has 0 saturated carbocycles. The van der Waals surface area contributed by atoms with Crippen LogP contribution in [0.15, 0.2) is 60.8 Å². The molecular formula is C18H20N2O. The molecular weight excluding hydrogens is 260 g/mol. The van der Waals surface area contributed by atoms with Gasteiger partial charge in [-0.05, 0) is 41.8 Å². The van der Waals surface area contributed by atoms with Crippen molar-refractivity contribution in [2.24, 2.45) is 0 Å². The second-order valence-electron chi connectivity index (χ2n) is 5.17. The van der Waals surface area contributed by atoms with Crippen molar-refractivity contribution in [2.45, 2.75) is 19.9 Å². The molecule has 21 heavy (non-hydrogen) atoms. The summed E-state index contributed by atoms with van der Waals surface area (Å²) in [4.78, 5) is 0. The van der Waals surface area contributed by atoms with Gasteiger partial charge in [-0.1, -0.05) is 36.4 Å². The fraction of sp³-hybridized carbons (Fsp3) is 0.222. The average Bonchev–Trinajstić information content (AvgIpc) is 2.91. The number of aromatic nitrogens is 1. The van der Waals surface area contributed by atoms with Gasteiger partial charge in [0.25, 0.3) is 0 Å². The average molecular weight is 280 g/mol. The van der Waals surface area contributed by atoms with Crippen LogP contribution in [0.3, 0.4) is 0 Å². The Balaban J connectivity index is 1.67. The Bertz CT molecular complexity index is 704. The predicted octanol–water partition coefficient (Wildman–Crippen LogP) is 3.54. The largest absolute Gasteiger partial charge is 0.356 e. The third kappa shape index (κ3) is 3.32. The van der Waals surface area contributed by atoms with Gasteiger partial charge in [-0.15, -0.1) is 0 Å². The molecule has 2 aromatic carbocycles. The molecule has 0 fully saturated rings. The summed E-state index contributed by atoms with van der Waals surface area (Å²) in [6.45, 7) is 2.10. The molecule has 0 atom stereocenters. The van der Waals surface area contributed by atoms with Crippen molar-refractivity contribution < 1.29 is 4.74 Å². The van der Waals surface area contributed by atoms with Gasteiger partial charge in [0, 0.05) is 18.3 Å². The van der Waals surface area contributed by atoms with E-state index in [2.05, 4.69) is 52.5 Å². The Kier molecular flexibility index (Phi) is 4.34. The van der Waals surface area contributed by atoms with Crippen LogP contribution in [0.2, 0.25) is 0 Å². The number of fused-ring (bicyclic) bond motifs is 1. The second-order valence-corrected chi connectivity index (χ2v) is 5.17. The highest BCUT2D eigenvalue weighted by molar-refractivity contribution is 5.80. The van der Waals surface area contributed by atoms with E-state index < -0.39 is 0 Å². The van der Waals surface area contributed by atoms with Gasteiger partial charge in [-0.25, -0.2) is 0 Å². The lowest BCUT2D eigenvalue weighted by molar-refractivity contribution is 0.0668. The number of rotatable bonds is 6. The van der Waals surface area contributed by atoms with Crippen LogP contribution in [-0.4, -0.2) is 11.6 Å². The standard InChI is InChI=1S/C18H20N2O/c1-19-12-16-7-8-18-17(11-16)9-10-20(18)14-21-13-15-5-3-2-4-6-15/h2-11,19H,12-14H2,1H3. The minimum atomic E-state index is 0.573. The minimum absolute atomic E-state index is 0.573. The molecule has 3 heteroatoms. The van der Waals surface area contributed by atoms with Crippen LogP contribution < -0.4 is 5.32 Å². The quantitative estimate of drug-likeness (QED) is 0.747.